The summed E-state index contributed by atoms with van der Waals surface area (Å²) in [6, 6.07) is 10.2. The molecule has 2 aromatic carbocycles. The highest BCUT2D eigenvalue weighted by Crippen LogP contribution is 2.38. The number of nitrogens with zero attached hydrogens (tertiary/aromatic N) is 3. The summed E-state index contributed by atoms with van der Waals surface area (Å²) in [4.78, 5) is 26.0. The Bertz CT molecular complexity index is 1280. The number of urea groups is 1. The predicted molar refractivity (Wildman–Crippen MR) is 124 cm³/mol. The maximum atomic E-state index is 13.0. The van der Waals surface area contributed by atoms with Gasteiger partial charge in [0.2, 0.25) is 0 Å². The quantitative estimate of drug-likeness (QED) is 0.475. The molecule has 1 unspecified atom stereocenters. The van der Waals surface area contributed by atoms with E-state index in [1.807, 2.05) is 23.1 Å². The third-order valence-corrected chi connectivity index (χ3v) is 6.88. The van der Waals surface area contributed by atoms with Gasteiger partial charge < -0.3 is 20.6 Å². The zero-order valence-electron chi connectivity index (χ0n) is 18.7. The number of halogens is 3. The van der Waals surface area contributed by atoms with Crippen LogP contribution in [0.4, 0.5) is 34.1 Å². The molecule has 35 heavy (non-hydrogen) atoms. The van der Waals surface area contributed by atoms with E-state index in [4.69, 9.17) is 0 Å². The van der Waals surface area contributed by atoms with Crippen LogP contribution >= 0.6 is 0 Å². The van der Waals surface area contributed by atoms with Crippen molar-refractivity contribution in [1.29, 1.82) is 0 Å². The average molecular weight is 487 g/mol. The number of rotatable bonds is 3. The molecule has 11 heteroatoms. The number of piperidine rings is 1. The van der Waals surface area contributed by atoms with Gasteiger partial charge in [-0.2, -0.15) is 23.0 Å². The standard InChI is InChI=1S/C24H24F3N5O3/c25-24(26,27)15-8-10-31(11-9-15)16-5-6-17-14(12-16)4-7-20(17)30-22(33)29-19-2-1-3-21-18(19)13-28-32(21)23(34)35/h1-3,5-6,12-13,15,20H,4,7-11H2,(H,34,35)(H2,29,30,33). The van der Waals surface area contributed by atoms with E-state index < -0.39 is 24.2 Å². The molecule has 2 amide bonds. The highest BCUT2D eigenvalue weighted by molar-refractivity contribution is 6.02. The number of anilines is 2. The lowest BCUT2D eigenvalue weighted by Crippen LogP contribution is -2.39. The number of benzene rings is 2. The van der Waals surface area contributed by atoms with Gasteiger partial charge in [-0.3, -0.25) is 0 Å². The Hall–Kier alpha value is -3.76. The van der Waals surface area contributed by atoms with Crippen molar-refractivity contribution in [1.82, 2.24) is 15.1 Å². The van der Waals surface area contributed by atoms with Crippen molar-refractivity contribution in [3.05, 3.63) is 53.7 Å². The van der Waals surface area contributed by atoms with Gasteiger partial charge in [0.25, 0.3) is 0 Å². The van der Waals surface area contributed by atoms with Crippen LogP contribution in [0.5, 0.6) is 0 Å². The van der Waals surface area contributed by atoms with Crippen LogP contribution in [-0.2, 0) is 6.42 Å². The molecule has 0 saturated carbocycles. The summed E-state index contributed by atoms with van der Waals surface area (Å²) in [6.45, 7) is 0.744. The molecule has 0 radical (unpaired) electrons. The van der Waals surface area contributed by atoms with Crippen LogP contribution in [0.15, 0.2) is 42.6 Å². The first-order valence-electron chi connectivity index (χ1n) is 11.4. The van der Waals surface area contributed by atoms with Gasteiger partial charge in [-0.15, -0.1) is 0 Å². The molecule has 2 aliphatic rings. The largest absolute Gasteiger partial charge is 0.463 e. The highest BCUT2D eigenvalue weighted by atomic mass is 19.4. The van der Waals surface area contributed by atoms with Crippen molar-refractivity contribution in [2.24, 2.45) is 5.92 Å². The molecule has 1 saturated heterocycles. The first-order chi connectivity index (χ1) is 16.7. The molecular formula is C24H24F3N5O3. The molecule has 1 aliphatic heterocycles. The Kier molecular flexibility index (Phi) is 5.78. The Labute approximate surface area is 198 Å². The monoisotopic (exact) mass is 487 g/mol. The third-order valence-electron chi connectivity index (χ3n) is 6.88. The van der Waals surface area contributed by atoms with Gasteiger partial charge in [0.15, 0.2) is 0 Å². The Morgan fingerprint density at radius 3 is 2.57 bits per heavy atom. The molecule has 1 fully saturated rings. The van der Waals surface area contributed by atoms with Gasteiger partial charge in [0, 0.05) is 24.2 Å². The number of aromatic nitrogens is 2. The number of alkyl halides is 3. The number of hydrogen-bond donors (Lipinski definition) is 3. The fraction of sp³-hybridized carbons (Fsp3) is 0.375. The summed E-state index contributed by atoms with van der Waals surface area (Å²) >= 11 is 0. The van der Waals surface area contributed by atoms with Crippen molar-refractivity contribution in [3.8, 4) is 0 Å². The zero-order chi connectivity index (χ0) is 24.7. The third kappa shape index (κ3) is 4.50. The lowest BCUT2D eigenvalue weighted by atomic mass is 9.95. The number of carboxylic acid groups (broad SMARTS) is 1. The number of fused-ring (bicyclic) bond motifs is 2. The number of carbonyl (C=O) groups excluding carboxylic acids is 1. The van der Waals surface area contributed by atoms with E-state index in [-0.39, 0.29) is 18.9 Å². The summed E-state index contributed by atoms with van der Waals surface area (Å²) in [5.74, 6) is -1.23. The van der Waals surface area contributed by atoms with Crippen LogP contribution in [0.3, 0.4) is 0 Å². The lowest BCUT2D eigenvalue weighted by Gasteiger charge is -2.34. The molecule has 1 atom stereocenters. The second-order valence-electron chi connectivity index (χ2n) is 8.95. The molecule has 184 valence electrons. The van der Waals surface area contributed by atoms with Crippen molar-refractivity contribution < 1.29 is 27.9 Å². The lowest BCUT2D eigenvalue weighted by molar-refractivity contribution is -0.179. The Balaban J connectivity index is 1.24. The van der Waals surface area contributed by atoms with Crippen LogP contribution in [0, 0.1) is 5.92 Å². The minimum atomic E-state index is -4.13. The second-order valence-corrected chi connectivity index (χ2v) is 8.95. The van der Waals surface area contributed by atoms with E-state index in [2.05, 4.69) is 15.7 Å². The van der Waals surface area contributed by atoms with Crippen LogP contribution < -0.4 is 15.5 Å². The topological polar surface area (TPSA) is 99.5 Å². The Morgan fingerprint density at radius 1 is 1.09 bits per heavy atom. The van der Waals surface area contributed by atoms with Crippen LogP contribution in [0.2, 0.25) is 0 Å². The molecule has 2 heterocycles. The molecule has 0 bridgehead atoms. The average Bonchev–Trinajstić information content (AvgIpc) is 3.43. The summed E-state index contributed by atoms with van der Waals surface area (Å²) < 4.78 is 39.7. The first kappa shape index (κ1) is 23.0. The Morgan fingerprint density at radius 2 is 1.86 bits per heavy atom. The fourth-order valence-corrected chi connectivity index (χ4v) is 5.04. The normalized spacial score (nSPS) is 18.5. The summed E-state index contributed by atoms with van der Waals surface area (Å²) in [7, 11) is 0. The van der Waals surface area contributed by atoms with Crippen LogP contribution in [0.1, 0.15) is 36.4 Å². The van der Waals surface area contributed by atoms with Crippen LogP contribution in [-0.4, -0.2) is 46.3 Å². The zero-order valence-corrected chi connectivity index (χ0v) is 18.7. The second kappa shape index (κ2) is 8.79. The van der Waals surface area contributed by atoms with E-state index in [0.29, 0.717) is 36.1 Å². The van der Waals surface area contributed by atoms with E-state index in [0.717, 1.165) is 27.9 Å². The maximum absolute atomic E-state index is 13.0. The highest BCUT2D eigenvalue weighted by Gasteiger charge is 2.41. The van der Waals surface area contributed by atoms with E-state index in [1.54, 1.807) is 18.2 Å². The van der Waals surface area contributed by atoms with Crippen molar-refractivity contribution in [3.63, 3.8) is 0 Å². The molecule has 1 aliphatic carbocycles. The van der Waals surface area contributed by atoms with Crippen LogP contribution in [0.25, 0.3) is 10.9 Å². The molecule has 8 nitrogen and oxygen atoms in total. The molecule has 3 aromatic rings. The predicted octanol–water partition coefficient (Wildman–Crippen LogP) is 5.15. The molecule has 5 rings (SSSR count). The van der Waals surface area contributed by atoms with Gasteiger partial charge in [-0.1, -0.05) is 12.1 Å². The minimum Gasteiger partial charge on any atom is -0.463 e. The van der Waals surface area contributed by atoms with Gasteiger partial charge in [-0.25, -0.2) is 9.59 Å². The number of amides is 2. The number of nitrogens with one attached hydrogen (secondary N) is 2. The number of aryl methyl sites for hydroxylation is 1. The van der Waals surface area contributed by atoms with Crippen molar-refractivity contribution in [2.45, 2.75) is 37.9 Å². The van der Waals surface area contributed by atoms with Gasteiger partial charge in [0.1, 0.15) is 0 Å². The minimum absolute atomic E-state index is 0.100. The number of carbonyl (C=O) groups is 2. The van der Waals surface area contributed by atoms with Crippen molar-refractivity contribution in [2.75, 3.05) is 23.3 Å². The maximum Gasteiger partial charge on any atom is 0.432 e. The first-order valence-corrected chi connectivity index (χ1v) is 11.4. The summed E-state index contributed by atoms with van der Waals surface area (Å²) in [6.07, 6.45) is -2.29. The summed E-state index contributed by atoms with van der Waals surface area (Å²) in [5, 5.41) is 19.3. The smallest absolute Gasteiger partial charge is 0.432 e. The molecule has 0 spiro atoms. The fourth-order valence-electron chi connectivity index (χ4n) is 5.04. The van der Waals surface area contributed by atoms with E-state index >= 15 is 0 Å². The SMILES string of the molecule is O=C(Nc1cccc2c1cnn2C(=O)O)NC1CCc2cc(N3CCC(C(F)(F)F)CC3)ccc21. The number of hydrogen-bond acceptors (Lipinski definition) is 4. The van der Waals surface area contributed by atoms with E-state index in [9.17, 15) is 27.9 Å². The van der Waals surface area contributed by atoms with Gasteiger partial charge in [0.05, 0.1) is 29.4 Å². The summed E-state index contributed by atoms with van der Waals surface area (Å²) in [5.41, 5.74) is 3.80. The van der Waals surface area contributed by atoms with Crippen molar-refractivity contribution >= 4 is 34.4 Å². The van der Waals surface area contributed by atoms with Gasteiger partial charge in [-0.05, 0) is 61.1 Å². The van der Waals surface area contributed by atoms with Gasteiger partial charge >= 0.3 is 18.3 Å². The van der Waals surface area contributed by atoms with E-state index in [1.165, 1.54) is 6.20 Å². The molecule has 3 N–H and O–H groups in total. The molecule has 1 aromatic heterocycles. The molecular weight excluding hydrogens is 463 g/mol.